The van der Waals surface area contributed by atoms with E-state index in [9.17, 15) is 0 Å². The van der Waals surface area contributed by atoms with Crippen LogP contribution in [0.2, 0.25) is 0 Å². The van der Waals surface area contributed by atoms with Crippen LogP contribution in [0.25, 0.3) is 5.57 Å². The van der Waals surface area contributed by atoms with Crippen LogP contribution in [0.5, 0.6) is 0 Å². The fraction of sp³-hybridized carbons (Fsp3) is 0.200. The van der Waals surface area contributed by atoms with Gasteiger partial charge >= 0.3 is 0 Å². The number of nitrogens with one attached hydrogen (secondary N) is 1. The highest BCUT2D eigenvalue weighted by atomic mass is 15.1. The highest BCUT2D eigenvalue weighted by Gasteiger charge is 2.13. The summed E-state index contributed by atoms with van der Waals surface area (Å²) in [6.45, 7) is 2.15. The molecule has 88 valence electrons. The van der Waals surface area contributed by atoms with Crippen molar-refractivity contribution in [3.05, 3.63) is 65.6 Å². The zero-order valence-electron chi connectivity index (χ0n) is 10.6. The lowest BCUT2D eigenvalue weighted by atomic mass is 10.00. The third-order valence-corrected chi connectivity index (χ3v) is 3.08. The SMILES string of the molecule is CN/C=C1/C=CC(c2ccccc2)=C(C)N1C. The molecule has 1 aliphatic rings. The van der Waals surface area contributed by atoms with Gasteiger partial charge in [-0.15, -0.1) is 0 Å². The lowest BCUT2D eigenvalue weighted by molar-refractivity contribution is 0.532. The molecule has 0 unspecified atom stereocenters. The summed E-state index contributed by atoms with van der Waals surface area (Å²) in [5.74, 6) is 0. The Balaban J connectivity index is 2.39. The Kier molecular flexibility index (Phi) is 3.33. The molecule has 17 heavy (non-hydrogen) atoms. The number of rotatable bonds is 2. The fourth-order valence-corrected chi connectivity index (χ4v) is 1.99. The molecule has 0 bridgehead atoms. The lowest BCUT2D eigenvalue weighted by Crippen LogP contribution is -2.19. The average Bonchev–Trinajstić information content (AvgIpc) is 2.36. The second-order valence-corrected chi connectivity index (χ2v) is 4.12. The maximum absolute atomic E-state index is 3.07. The first-order valence-electron chi connectivity index (χ1n) is 5.79. The standard InChI is InChI=1S/C15H18N2/c1-12-15(13-7-5-4-6-8-13)10-9-14(11-16-2)17(12)3/h4-11,16H,1-3H3/b14-11-. The van der Waals surface area contributed by atoms with E-state index in [0.717, 1.165) is 0 Å². The third-order valence-electron chi connectivity index (χ3n) is 3.08. The van der Waals surface area contributed by atoms with Gasteiger partial charge in [0.25, 0.3) is 0 Å². The predicted octanol–water partition coefficient (Wildman–Crippen LogP) is 2.98. The van der Waals surface area contributed by atoms with Crippen molar-refractivity contribution >= 4 is 5.57 Å². The van der Waals surface area contributed by atoms with Crippen molar-refractivity contribution in [1.29, 1.82) is 0 Å². The van der Waals surface area contributed by atoms with Gasteiger partial charge in [0.1, 0.15) is 0 Å². The highest BCUT2D eigenvalue weighted by Crippen LogP contribution is 2.28. The highest BCUT2D eigenvalue weighted by molar-refractivity contribution is 5.78. The van der Waals surface area contributed by atoms with E-state index in [2.05, 4.69) is 60.6 Å². The van der Waals surface area contributed by atoms with Crippen molar-refractivity contribution in [3.8, 4) is 0 Å². The van der Waals surface area contributed by atoms with Gasteiger partial charge in [-0.05, 0) is 18.6 Å². The van der Waals surface area contributed by atoms with Crippen molar-refractivity contribution in [2.24, 2.45) is 0 Å². The Morgan fingerprint density at radius 1 is 1.12 bits per heavy atom. The van der Waals surface area contributed by atoms with Crippen LogP contribution >= 0.6 is 0 Å². The van der Waals surface area contributed by atoms with Crippen molar-refractivity contribution < 1.29 is 0 Å². The molecule has 1 N–H and O–H groups in total. The molecule has 0 spiro atoms. The van der Waals surface area contributed by atoms with Crippen molar-refractivity contribution in [1.82, 2.24) is 10.2 Å². The van der Waals surface area contributed by atoms with E-state index in [1.165, 1.54) is 22.5 Å². The summed E-state index contributed by atoms with van der Waals surface area (Å²) in [6.07, 6.45) is 6.31. The summed E-state index contributed by atoms with van der Waals surface area (Å²) < 4.78 is 0. The number of hydrogen-bond acceptors (Lipinski definition) is 2. The third kappa shape index (κ3) is 2.26. The summed E-state index contributed by atoms with van der Waals surface area (Å²) in [7, 11) is 4.01. The van der Waals surface area contributed by atoms with Gasteiger partial charge in [0.2, 0.25) is 0 Å². The number of benzene rings is 1. The number of nitrogens with zero attached hydrogens (tertiary/aromatic N) is 1. The smallest absolute Gasteiger partial charge is 0.0565 e. The molecule has 0 atom stereocenters. The molecule has 1 heterocycles. The fourth-order valence-electron chi connectivity index (χ4n) is 1.99. The minimum atomic E-state index is 1.17. The van der Waals surface area contributed by atoms with Crippen LogP contribution in [0.4, 0.5) is 0 Å². The molecule has 0 aromatic heterocycles. The van der Waals surface area contributed by atoms with Gasteiger partial charge in [-0.3, -0.25) is 0 Å². The molecule has 2 rings (SSSR count). The summed E-state index contributed by atoms with van der Waals surface area (Å²) in [4.78, 5) is 2.19. The molecule has 0 saturated heterocycles. The zero-order valence-corrected chi connectivity index (χ0v) is 10.6. The van der Waals surface area contributed by atoms with Crippen molar-refractivity contribution in [3.63, 3.8) is 0 Å². The molecular formula is C15H18N2. The molecule has 0 aliphatic carbocycles. The molecule has 1 aromatic rings. The molecule has 1 aliphatic heterocycles. The molecular weight excluding hydrogens is 208 g/mol. The first kappa shape index (κ1) is 11.5. The quantitative estimate of drug-likeness (QED) is 0.834. The molecule has 0 amide bonds. The van der Waals surface area contributed by atoms with Gasteiger partial charge in [0.15, 0.2) is 0 Å². The summed E-state index contributed by atoms with van der Waals surface area (Å²) in [6, 6.07) is 10.5. The van der Waals surface area contributed by atoms with Crippen molar-refractivity contribution in [2.45, 2.75) is 6.92 Å². The molecule has 2 heteroatoms. The second-order valence-electron chi connectivity index (χ2n) is 4.12. The van der Waals surface area contributed by atoms with Crippen LogP contribution < -0.4 is 5.32 Å². The van der Waals surface area contributed by atoms with E-state index < -0.39 is 0 Å². The van der Waals surface area contributed by atoms with E-state index in [0.29, 0.717) is 0 Å². The Morgan fingerprint density at radius 2 is 1.82 bits per heavy atom. The topological polar surface area (TPSA) is 15.3 Å². The Labute approximate surface area is 103 Å². The first-order valence-corrected chi connectivity index (χ1v) is 5.79. The van der Waals surface area contributed by atoms with E-state index >= 15 is 0 Å². The predicted molar refractivity (Wildman–Crippen MR) is 73.1 cm³/mol. The molecule has 0 radical (unpaired) electrons. The minimum absolute atomic E-state index is 1.17. The van der Waals surface area contributed by atoms with Gasteiger partial charge < -0.3 is 10.2 Å². The molecule has 1 aromatic carbocycles. The lowest BCUT2D eigenvalue weighted by Gasteiger charge is -2.27. The molecule has 0 fully saturated rings. The van der Waals surface area contributed by atoms with Gasteiger partial charge in [-0.25, -0.2) is 0 Å². The average molecular weight is 226 g/mol. The maximum Gasteiger partial charge on any atom is 0.0565 e. The van der Waals surface area contributed by atoms with E-state index in [-0.39, 0.29) is 0 Å². The number of allylic oxidation sites excluding steroid dienone is 4. The van der Waals surface area contributed by atoms with Crippen LogP contribution in [-0.2, 0) is 0 Å². The maximum atomic E-state index is 3.07. The Morgan fingerprint density at radius 3 is 2.47 bits per heavy atom. The monoisotopic (exact) mass is 226 g/mol. The summed E-state index contributed by atoms with van der Waals surface area (Å²) in [5.41, 5.74) is 4.97. The number of likely N-dealkylation sites (N-methyl/N-ethyl adjacent to an activating group) is 1. The normalized spacial score (nSPS) is 17.8. The van der Waals surface area contributed by atoms with Gasteiger partial charge in [-0.2, -0.15) is 0 Å². The van der Waals surface area contributed by atoms with Crippen LogP contribution in [0, 0.1) is 0 Å². The van der Waals surface area contributed by atoms with E-state index in [1.807, 2.05) is 19.3 Å². The van der Waals surface area contributed by atoms with E-state index in [4.69, 9.17) is 0 Å². The Hall–Kier alpha value is -1.96. The van der Waals surface area contributed by atoms with E-state index in [1.54, 1.807) is 0 Å². The van der Waals surface area contributed by atoms with Crippen LogP contribution in [-0.4, -0.2) is 19.0 Å². The first-order chi connectivity index (χ1) is 8.24. The van der Waals surface area contributed by atoms with Crippen LogP contribution in [0.3, 0.4) is 0 Å². The largest absolute Gasteiger partial charge is 0.392 e. The van der Waals surface area contributed by atoms with Gasteiger partial charge in [0, 0.05) is 31.6 Å². The van der Waals surface area contributed by atoms with Gasteiger partial charge in [0.05, 0.1) is 5.70 Å². The molecule has 2 nitrogen and oxygen atoms in total. The van der Waals surface area contributed by atoms with Crippen LogP contribution in [0.15, 0.2) is 60.1 Å². The number of hydrogen-bond donors (Lipinski definition) is 1. The zero-order chi connectivity index (χ0) is 12.3. The van der Waals surface area contributed by atoms with Gasteiger partial charge in [-0.1, -0.05) is 36.4 Å². The van der Waals surface area contributed by atoms with Crippen molar-refractivity contribution in [2.75, 3.05) is 14.1 Å². The summed E-state index contributed by atoms with van der Waals surface area (Å²) >= 11 is 0. The Bertz CT molecular complexity index is 481. The molecule has 0 saturated carbocycles. The minimum Gasteiger partial charge on any atom is -0.392 e. The second kappa shape index (κ2) is 4.91. The van der Waals surface area contributed by atoms with Crippen LogP contribution in [0.1, 0.15) is 12.5 Å². The summed E-state index contributed by atoms with van der Waals surface area (Å²) in [5, 5.41) is 3.07.